The van der Waals surface area contributed by atoms with E-state index < -0.39 is 0 Å². The third-order valence-electron chi connectivity index (χ3n) is 4.17. The number of nitrogens with zero attached hydrogens (tertiary/aromatic N) is 3. The second kappa shape index (κ2) is 5.16. The SMILES string of the molecule is Cc1csc(C(C)N2CCC(=O)N3CCCC3C2=O)n1. The van der Waals surface area contributed by atoms with E-state index >= 15 is 0 Å². The summed E-state index contributed by atoms with van der Waals surface area (Å²) in [7, 11) is 0. The molecular weight excluding hydrogens is 274 g/mol. The number of aromatic nitrogens is 1. The summed E-state index contributed by atoms with van der Waals surface area (Å²) in [6.45, 7) is 5.20. The van der Waals surface area contributed by atoms with E-state index in [0.29, 0.717) is 13.0 Å². The predicted octanol–water partition coefficient (Wildman–Crippen LogP) is 1.74. The largest absolute Gasteiger partial charge is 0.331 e. The number of carbonyl (C=O) groups is 2. The third-order valence-corrected chi connectivity index (χ3v) is 5.30. The van der Waals surface area contributed by atoms with Crippen molar-refractivity contribution in [3.05, 3.63) is 16.1 Å². The van der Waals surface area contributed by atoms with Crippen molar-refractivity contribution in [1.82, 2.24) is 14.8 Å². The quantitative estimate of drug-likeness (QED) is 0.834. The van der Waals surface area contributed by atoms with Crippen LogP contribution in [-0.2, 0) is 9.59 Å². The number of carbonyl (C=O) groups excluding carboxylic acids is 2. The van der Waals surface area contributed by atoms with Gasteiger partial charge in [-0.05, 0) is 26.7 Å². The molecule has 0 aliphatic carbocycles. The lowest BCUT2D eigenvalue weighted by molar-refractivity contribution is -0.140. The van der Waals surface area contributed by atoms with Crippen LogP contribution in [0.1, 0.15) is 42.9 Å². The number of fused-ring (bicyclic) bond motifs is 1. The molecule has 3 rings (SSSR count). The maximum absolute atomic E-state index is 12.7. The van der Waals surface area contributed by atoms with Gasteiger partial charge in [-0.3, -0.25) is 9.59 Å². The molecule has 2 aliphatic heterocycles. The van der Waals surface area contributed by atoms with Crippen molar-refractivity contribution in [2.75, 3.05) is 13.1 Å². The first-order chi connectivity index (χ1) is 9.58. The predicted molar refractivity (Wildman–Crippen MR) is 76.3 cm³/mol. The Hall–Kier alpha value is -1.43. The zero-order chi connectivity index (χ0) is 14.3. The Kier molecular flexibility index (Phi) is 3.50. The van der Waals surface area contributed by atoms with Crippen molar-refractivity contribution >= 4 is 23.2 Å². The molecule has 20 heavy (non-hydrogen) atoms. The molecule has 0 aromatic carbocycles. The van der Waals surface area contributed by atoms with E-state index in [2.05, 4.69) is 4.98 Å². The average molecular weight is 293 g/mol. The number of thiazole rings is 1. The van der Waals surface area contributed by atoms with Crippen LogP contribution < -0.4 is 0 Å². The van der Waals surface area contributed by atoms with Crippen LogP contribution in [0.4, 0.5) is 0 Å². The maximum Gasteiger partial charge on any atom is 0.245 e. The van der Waals surface area contributed by atoms with Crippen molar-refractivity contribution in [2.24, 2.45) is 0 Å². The molecule has 1 aromatic heterocycles. The van der Waals surface area contributed by atoms with E-state index in [1.165, 1.54) is 0 Å². The van der Waals surface area contributed by atoms with Gasteiger partial charge in [-0.1, -0.05) is 0 Å². The Morgan fingerprint density at radius 1 is 1.40 bits per heavy atom. The van der Waals surface area contributed by atoms with Gasteiger partial charge in [-0.2, -0.15) is 0 Å². The summed E-state index contributed by atoms with van der Waals surface area (Å²) in [5, 5.41) is 2.95. The van der Waals surface area contributed by atoms with Gasteiger partial charge in [0.2, 0.25) is 11.8 Å². The highest BCUT2D eigenvalue weighted by atomic mass is 32.1. The molecule has 5 nitrogen and oxygen atoms in total. The van der Waals surface area contributed by atoms with Crippen LogP contribution in [0.2, 0.25) is 0 Å². The van der Waals surface area contributed by atoms with Gasteiger partial charge >= 0.3 is 0 Å². The number of hydrogen-bond acceptors (Lipinski definition) is 4. The third kappa shape index (κ3) is 2.22. The highest BCUT2D eigenvalue weighted by molar-refractivity contribution is 7.09. The number of aryl methyl sites for hydroxylation is 1. The molecule has 2 fully saturated rings. The van der Waals surface area contributed by atoms with Crippen LogP contribution in [0.5, 0.6) is 0 Å². The van der Waals surface area contributed by atoms with E-state index in [9.17, 15) is 9.59 Å². The first-order valence-corrected chi connectivity index (χ1v) is 7.98. The maximum atomic E-state index is 12.7. The summed E-state index contributed by atoms with van der Waals surface area (Å²) in [6.07, 6.45) is 2.16. The summed E-state index contributed by atoms with van der Waals surface area (Å²) in [5.74, 6) is 0.208. The molecule has 0 spiro atoms. The molecule has 0 bridgehead atoms. The van der Waals surface area contributed by atoms with Gasteiger partial charge in [0.25, 0.3) is 0 Å². The number of amides is 2. The van der Waals surface area contributed by atoms with E-state index in [1.54, 1.807) is 16.2 Å². The normalized spacial score (nSPS) is 24.8. The van der Waals surface area contributed by atoms with Crippen LogP contribution in [0.3, 0.4) is 0 Å². The fraction of sp³-hybridized carbons (Fsp3) is 0.643. The standard InChI is InChI=1S/C14H19N3O2S/c1-9-8-20-13(15-9)10(2)16-7-5-12(18)17-6-3-4-11(17)14(16)19/h8,10-11H,3-7H2,1-2H3. The Morgan fingerprint density at radius 2 is 2.20 bits per heavy atom. The molecule has 2 saturated heterocycles. The zero-order valence-corrected chi connectivity index (χ0v) is 12.7. The van der Waals surface area contributed by atoms with Crippen LogP contribution in [-0.4, -0.2) is 45.7 Å². The lowest BCUT2D eigenvalue weighted by Crippen LogP contribution is -2.44. The molecule has 2 atom stereocenters. The van der Waals surface area contributed by atoms with Gasteiger partial charge in [-0.25, -0.2) is 4.98 Å². The van der Waals surface area contributed by atoms with Gasteiger partial charge < -0.3 is 9.80 Å². The Balaban J connectivity index is 1.85. The van der Waals surface area contributed by atoms with Crippen LogP contribution in [0.25, 0.3) is 0 Å². The molecule has 6 heteroatoms. The summed E-state index contributed by atoms with van der Waals surface area (Å²) < 4.78 is 0. The Bertz CT molecular complexity index is 542. The highest BCUT2D eigenvalue weighted by Gasteiger charge is 2.41. The van der Waals surface area contributed by atoms with Gasteiger partial charge in [0, 0.05) is 30.6 Å². The molecule has 2 unspecified atom stereocenters. The van der Waals surface area contributed by atoms with Crippen LogP contribution >= 0.6 is 11.3 Å². The van der Waals surface area contributed by atoms with Crippen molar-refractivity contribution in [3.8, 4) is 0 Å². The second-order valence-corrected chi connectivity index (χ2v) is 6.42. The summed E-state index contributed by atoms with van der Waals surface area (Å²) in [4.78, 5) is 32.9. The van der Waals surface area contributed by atoms with E-state index in [1.807, 2.05) is 24.1 Å². The highest BCUT2D eigenvalue weighted by Crippen LogP contribution is 2.30. The molecule has 108 valence electrons. The van der Waals surface area contributed by atoms with Gasteiger partial charge in [0.05, 0.1) is 6.04 Å². The van der Waals surface area contributed by atoms with Crippen molar-refractivity contribution in [1.29, 1.82) is 0 Å². The van der Waals surface area contributed by atoms with E-state index in [-0.39, 0.29) is 23.9 Å². The first kappa shape index (κ1) is 13.5. The smallest absolute Gasteiger partial charge is 0.245 e. The second-order valence-electron chi connectivity index (χ2n) is 5.53. The topological polar surface area (TPSA) is 53.5 Å². The molecule has 0 radical (unpaired) electrons. The Morgan fingerprint density at radius 3 is 2.90 bits per heavy atom. The summed E-state index contributed by atoms with van der Waals surface area (Å²) in [6, 6.07) is -0.289. The monoisotopic (exact) mass is 293 g/mol. The lowest BCUT2D eigenvalue weighted by atomic mass is 10.1. The van der Waals surface area contributed by atoms with Gasteiger partial charge in [-0.15, -0.1) is 11.3 Å². The molecule has 0 N–H and O–H groups in total. The minimum absolute atomic E-state index is 0.0467. The first-order valence-electron chi connectivity index (χ1n) is 7.10. The van der Waals surface area contributed by atoms with Crippen LogP contribution in [0.15, 0.2) is 5.38 Å². The van der Waals surface area contributed by atoms with Crippen molar-refractivity contribution < 1.29 is 9.59 Å². The number of hydrogen-bond donors (Lipinski definition) is 0. The lowest BCUT2D eigenvalue weighted by Gasteiger charge is -2.29. The molecule has 3 heterocycles. The van der Waals surface area contributed by atoms with Crippen molar-refractivity contribution in [2.45, 2.75) is 45.2 Å². The fourth-order valence-corrected chi connectivity index (χ4v) is 3.93. The molecule has 0 saturated carbocycles. The minimum Gasteiger partial charge on any atom is -0.331 e. The summed E-state index contributed by atoms with van der Waals surface area (Å²) in [5.41, 5.74) is 0.984. The fourth-order valence-electron chi connectivity index (χ4n) is 3.07. The molecule has 2 amide bonds. The average Bonchev–Trinajstić information content (AvgIpc) is 3.04. The van der Waals surface area contributed by atoms with E-state index in [4.69, 9.17) is 0 Å². The van der Waals surface area contributed by atoms with Crippen molar-refractivity contribution in [3.63, 3.8) is 0 Å². The van der Waals surface area contributed by atoms with Gasteiger partial charge in [0.15, 0.2) is 0 Å². The molecular formula is C14H19N3O2S. The Labute approximate surface area is 122 Å². The van der Waals surface area contributed by atoms with Gasteiger partial charge in [0.1, 0.15) is 11.0 Å². The molecule has 1 aromatic rings. The minimum atomic E-state index is -0.242. The van der Waals surface area contributed by atoms with Crippen LogP contribution in [0, 0.1) is 6.92 Å². The molecule has 2 aliphatic rings. The zero-order valence-electron chi connectivity index (χ0n) is 11.8. The number of rotatable bonds is 2. The van der Waals surface area contributed by atoms with E-state index in [0.717, 1.165) is 30.1 Å². The summed E-state index contributed by atoms with van der Waals surface area (Å²) >= 11 is 1.58.